The van der Waals surface area contributed by atoms with Crippen molar-refractivity contribution in [2.45, 2.75) is 62.9 Å². The van der Waals surface area contributed by atoms with Crippen LogP contribution in [0.2, 0.25) is 0 Å². The molecule has 2 aliphatic rings. The smallest absolute Gasteiger partial charge is 0.230 e. The van der Waals surface area contributed by atoms with Crippen molar-refractivity contribution in [1.29, 1.82) is 0 Å². The molecule has 4 nitrogen and oxygen atoms in total. The molecule has 1 aliphatic heterocycles. The number of piperidine rings is 1. The summed E-state index contributed by atoms with van der Waals surface area (Å²) in [6, 6.07) is 8.63. The number of carbonyl (C=O) groups is 1. The number of hydrogen-bond donors (Lipinski definition) is 2. The van der Waals surface area contributed by atoms with Crippen molar-refractivity contribution >= 4 is 18.3 Å². The molecule has 0 spiro atoms. The lowest BCUT2D eigenvalue weighted by molar-refractivity contribution is -0.127. The van der Waals surface area contributed by atoms with Gasteiger partial charge in [-0.1, -0.05) is 25.0 Å². The Morgan fingerprint density at radius 3 is 2.71 bits per heavy atom. The predicted molar refractivity (Wildman–Crippen MR) is 99.0 cm³/mol. The Labute approximate surface area is 151 Å². The molecule has 1 saturated heterocycles. The largest absolute Gasteiger partial charge is 0.497 e. The molecule has 1 aromatic carbocycles. The van der Waals surface area contributed by atoms with Gasteiger partial charge < -0.3 is 15.4 Å². The van der Waals surface area contributed by atoms with Gasteiger partial charge in [-0.2, -0.15) is 0 Å². The van der Waals surface area contributed by atoms with Gasteiger partial charge in [0, 0.05) is 12.1 Å². The molecule has 1 aromatic rings. The Morgan fingerprint density at radius 2 is 2.04 bits per heavy atom. The van der Waals surface area contributed by atoms with Crippen LogP contribution in [0.15, 0.2) is 24.3 Å². The summed E-state index contributed by atoms with van der Waals surface area (Å²) in [6.45, 7) is 3.21. The van der Waals surface area contributed by atoms with Crippen LogP contribution in [0.4, 0.5) is 0 Å². The fourth-order valence-electron chi connectivity index (χ4n) is 4.09. The van der Waals surface area contributed by atoms with Crippen LogP contribution in [0, 0.1) is 0 Å². The predicted octanol–water partition coefficient (Wildman–Crippen LogP) is 3.19. The Morgan fingerprint density at radius 1 is 1.29 bits per heavy atom. The zero-order valence-electron chi connectivity index (χ0n) is 14.6. The van der Waals surface area contributed by atoms with E-state index in [1.54, 1.807) is 7.11 Å². The number of ether oxygens (including phenoxy) is 1. The van der Waals surface area contributed by atoms with E-state index in [1.165, 1.54) is 0 Å². The number of carbonyl (C=O) groups excluding carboxylic acids is 1. The Kier molecular flexibility index (Phi) is 6.53. The van der Waals surface area contributed by atoms with Gasteiger partial charge in [0.05, 0.1) is 12.5 Å². The molecule has 2 atom stereocenters. The molecule has 0 aromatic heterocycles. The second-order valence-electron chi connectivity index (χ2n) is 6.99. The van der Waals surface area contributed by atoms with Crippen LogP contribution in [0.25, 0.3) is 0 Å². The van der Waals surface area contributed by atoms with E-state index >= 15 is 0 Å². The quantitative estimate of drug-likeness (QED) is 0.875. The summed E-state index contributed by atoms with van der Waals surface area (Å²) in [5.41, 5.74) is 0.717. The van der Waals surface area contributed by atoms with E-state index in [0.29, 0.717) is 6.04 Å². The number of methoxy groups -OCH3 is 1. The molecule has 1 saturated carbocycles. The van der Waals surface area contributed by atoms with Crippen LogP contribution >= 0.6 is 12.4 Å². The average molecular weight is 353 g/mol. The summed E-state index contributed by atoms with van der Waals surface area (Å²) in [7, 11) is 1.68. The maximum Gasteiger partial charge on any atom is 0.230 e. The topological polar surface area (TPSA) is 50.4 Å². The molecule has 2 fully saturated rings. The van der Waals surface area contributed by atoms with Crippen LogP contribution in [-0.4, -0.2) is 31.6 Å². The number of hydrogen-bond acceptors (Lipinski definition) is 3. The van der Waals surface area contributed by atoms with Gasteiger partial charge in [0.15, 0.2) is 0 Å². The zero-order valence-corrected chi connectivity index (χ0v) is 15.5. The van der Waals surface area contributed by atoms with Crippen LogP contribution in [-0.2, 0) is 10.2 Å². The van der Waals surface area contributed by atoms with E-state index in [2.05, 4.69) is 23.6 Å². The van der Waals surface area contributed by atoms with Gasteiger partial charge in [0.1, 0.15) is 5.75 Å². The van der Waals surface area contributed by atoms with Crippen LogP contribution in [0.5, 0.6) is 5.75 Å². The minimum atomic E-state index is -0.383. The molecule has 1 heterocycles. The van der Waals surface area contributed by atoms with E-state index in [4.69, 9.17) is 4.74 Å². The molecule has 0 radical (unpaired) electrons. The Hall–Kier alpha value is -1.26. The third-order valence-electron chi connectivity index (χ3n) is 5.59. The van der Waals surface area contributed by atoms with Crippen LogP contribution in [0.3, 0.4) is 0 Å². The summed E-state index contributed by atoms with van der Waals surface area (Å²) in [5, 5.41) is 6.81. The molecule has 5 heteroatoms. The molecule has 1 amide bonds. The molecular weight excluding hydrogens is 324 g/mol. The highest BCUT2D eigenvalue weighted by Gasteiger charge is 2.43. The first kappa shape index (κ1) is 19.1. The van der Waals surface area contributed by atoms with E-state index in [9.17, 15) is 4.79 Å². The molecular formula is C19H29ClN2O2. The summed E-state index contributed by atoms with van der Waals surface area (Å²) >= 11 is 0. The monoisotopic (exact) mass is 352 g/mol. The highest BCUT2D eigenvalue weighted by atomic mass is 35.5. The molecule has 0 bridgehead atoms. The van der Waals surface area contributed by atoms with E-state index < -0.39 is 0 Å². The third-order valence-corrected chi connectivity index (χ3v) is 5.59. The fourth-order valence-corrected chi connectivity index (χ4v) is 4.09. The maximum absolute atomic E-state index is 13.2. The SMILES string of the molecule is COc1cccc(C2(C(=O)NC3CCCNC3C)CCCC2)c1.Cl. The first-order valence-corrected chi connectivity index (χ1v) is 8.84. The van der Waals surface area contributed by atoms with Crippen molar-refractivity contribution < 1.29 is 9.53 Å². The number of rotatable bonds is 4. The molecule has 1 aliphatic carbocycles. The van der Waals surface area contributed by atoms with E-state index in [1.807, 2.05) is 18.2 Å². The average Bonchev–Trinajstić information content (AvgIpc) is 3.08. The second-order valence-corrected chi connectivity index (χ2v) is 6.99. The van der Waals surface area contributed by atoms with Crippen LogP contribution < -0.4 is 15.4 Å². The molecule has 2 N–H and O–H groups in total. The first-order valence-electron chi connectivity index (χ1n) is 8.84. The number of benzene rings is 1. The van der Waals surface area contributed by atoms with Crippen LogP contribution in [0.1, 0.15) is 51.0 Å². The summed E-state index contributed by atoms with van der Waals surface area (Å²) in [4.78, 5) is 13.2. The molecule has 2 unspecified atom stereocenters. The van der Waals surface area contributed by atoms with Gasteiger partial charge in [0.2, 0.25) is 5.91 Å². The minimum Gasteiger partial charge on any atom is -0.497 e. The first-order chi connectivity index (χ1) is 11.2. The van der Waals surface area contributed by atoms with Gasteiger partial charge >= 0.3 is 0 Å². The standard InChI is InChI=1S/C19H28N2O2.ClH/c1-14-17(9-6-12-20-14)21-18(22)19(10-3-4-11-19)15-7-5-8-16(13-15)23-2;/h5,7-8,13-14,17,20H,3-4,6,9-12H2,1-2H3,(H,21,22);1H. The normalized spacial score (nSPS) is 25.6. The number of nitrogens with one attached hydrogen (secondary N) is 2. The van der Waals surface area contributed by atoms with Gasteiger partial charge in [-0.25, -0.2) is 0 Å². The summed E-state index contributed by atoms with van der Waals surface area (Å²) < 4.78 is 5.36. The lowest BCUT2D eigenvalue weighted by atomic mass is 9.77. The van der Waals surface area contributed by atoms with Gasteiger partial charge in [-0.3, -0.25) is 4.79 Å². The fraction of sp³-hybridized carbons (Fsp3) is 0.632. The Bertz CT molecular complexity index is 558. The summed E-state index contributed by atoms with van der Waals surface area (Å²) in [5.74, 6) is 1.03. The van der Waals surface area contributed by atoms with Crippen molar-refractivity contribution in [3.63, 3.8) is 0 Å². The second kappa shape index (κ2) is 8.21. The number of halogens is 1. The molecule has 134 valence electrons. The Balaban J connectivity index is 0.00000208. The van der Waals surface area contributed by atoms with Gasteiger partial charge in [-0.05, 0) is 56.8 Å². The van der Waals surface area contributed by atoms with E-state index in [-0.39, 0.29) is 29.8 Å². The zero-order chi connectivity index (χ0) is 16.3. The third kappa shape index (κ3) is 3.70. The molecule has 24 heavy (non-hydrogen) atoms. The number of amides is 1. The van der Waals surface area contributed by atoms with Crippen molar-refractivity contribution in [3.8, 4) is 5.75 Å². The lowest BCUT2D eigenvalue weighted by Crippen LogP contribution is -2.55. The molecule has 3 rings (SSSR count). The van der Waals surface area contributed by atoms with Crippen molar-refractivity contribution in [2.24, 2.45) is 0 Å². The van der Waals surface area contributed by atoms with Crippen molar-refractivity contribution in [2.75, 3.05) is 13.7 Å². The summed E-state index contributed by atoms with van der Waals surface area (Å²) in [6.07, 6.45) is 6.28. The van der Waals surface area contributed by atoms with Crippen molar-refractivity contribution in [3.05, 3.63) is 29.8 Å². The minimum absolute atomic E-state index is 0. The highest BCUT2D eigenvalue weighted by molar-refractivity contribution is 5.89. The highest BCUT2D eigenvalue weighted by Crippen LogP contribution is 2.42. The lowest BCUT2D eigenvalue weighted by Gasteiger charge is -2.35. The van der Waals surface area contributed by atoms with E-state index in [0.717, 1.165) is 56.4 Å². The van der Waals surface area contributed by atoms with Gasteiger partial charge in [0.25, 0.3) is 0 Å². The maximum atomic E-state index is 13.2. The van der Waals surface area contributed by atoms with Crippen molar-refractivity contribution in [1.82, 2.24) is 10.6 Å². The van der Waals surface area contributed by atoms with Gasteiger partial charge in [-0.15, -0.1) is 12.4 Å².